The molecule has 0 spiro atoms. The maximum atomic E-state index is 9.18. The van der Waals surface area contributed by atoms with Crippen LogP contribution in [0, 0.1) is 6.92 Å². The van der Waals surface area contributed by atoms with Gasteiger partial charge in [0.05, 0.1) is 18.0 Å². The number of hydrogen-bond donors (Lipinski definition) is 2. The van der Waals surface area contributed by atoms with E-state index in [2.05, 4.69) is 20.7 Å². The molecule has 0 radical (unpaired) electrons. The van der Waals surface area contributed by atoms with Gasteiger partial charge in [-0.15, -0.1) is 11.3 Å². The standard InChI is InChI=1S/C11H15N3OS/c1-3-8(4-15)14-10-9-7(2)5-16-11(9)13-6-12-10/h5-6,8,15H,3-4H2,1-2H3,(H,12,13,14). The SMILES string of the molecule is CCC(CO)Nc1ncnc2scc(C)c12. The van der Waals surface area contributed by atoms with Crippen LogP contribution in [-0.2, 0) is 0 Å². The van der Waals surface area contributed by atoms with E-state index in [1.807, 2.05) is 13.8 Å². The van der Waals surface area contributed by atoms with E-state index in [9.17, 15) is 5.11 Å². The van der Waals surface area contributed by atoms with Crippen molar-refractivity contribution in [3.05, 3.63) is 17.3 Å². The molecular formula is C11H15N3OS. The molecule has 2 heterocycles. The number of fused-ring (bicyclic) bond motifs is 1. The Morgan fingerprint density at radius 1 is 1.50 bits per heavy atom. The molecule has 86 valence electrons. The van der Waals surface area contributed by atoms with E-state index in [4.69, 9.17) is 0 Å². The number of nitrogens with one attached hydrogen (secondary N) is 1. The molecule has 2 aromatic heterocycles. The molecule has 0 aromatic carbocycles. The normalized spacial score (nSPS) is 12.9. The Labute approximate surface area is 98.4 Å². The first kappa shape index (κ1) is 11.3. The lowest BCUT2D eigenvalue weighted by molar-refractivity contribution is 0.271. The highest BCUT2D eigenvalue weighted by atomic mass is 32.1. The first-order chi connectivity index (χ1) is 7.76. The summed E-state index contributed by atoms with van der Waals surface area (Å²) < 4.78 is 0. The number of aromatic nitrogens is 2. The van der Waals surface area contributed by atoms with E-state index in [-0.39, 0.29) is 12.6 Å². The fourth-order valence-corrected chi connectivity index (χ4v) is 2.49. The van der Waals surface area contributed by atoms with E-state index >= 15 is 0 Å². The predicted molar refractivity (Wildman–Crippen MR) is 66.9 cm³/mol. The fourth-order valence-electron chi connectivity index (χ4n) is 1.60. The fraction of sp³-hybridized carbons (Fsp3) is 0.455. The second-order valence-corrected chi connectivity index (χ2v) is 4.61. The third kappa shape index (κ3) is 2.01. The summed E-state index contributed by atoms with van der Waals surface area (Å²) in [4.78, 5) is 9.46. The topological polar surface area (TPSA) is 58.0 Å². The van der Waals surface area contributed by atoms with Crippen LogP contribution in [0.15, 0.2) is 11.7 Å². The third-order valence-electron chi connectivity index (χ3n) is 2.61. The molecule has 0 saturated carbocycles. The van der Waals surface area contributed by atoms with E-state index in [1.165, 1.54) is 5.56 Å². The lowest BCUT2D eigenvalue weighted by atomic mass is 10.2. The minimum Gasteiger partial charge on any atom is -0.394 e. The van der Waals surface area contributed by atoms with E-state index in [0.717, 1.165) is 22.5 Å². The van der Waals surface area contributed by atoms with Crippen molar-refractivity contribution in [3.63, 3.8) is 0 Å². The van der Waals surface area contributed by atoms with Crippen LogP contribution in [0.25, 0.3) is 10.2 Å². The summed E-state index contributed by atoms with van der Waals surface area (Å²) in [6.45, 7) is 4.20. The van der Waals surface area contributed by atoms with E-state index < -0.39 is 0 Å². The van der Waals surface area contributed by atoms with Crippen molar-refractivity contribution in [2.75, 3.05) is 11.9 Å². The Balaban J connectivity index is 2.39. The first-order valence-electron chi connectivity index (χ1n) is 5.32. The maximum absolute atomic E-state index is 9.18. The predicted octanol–water partition coefficient (Wildman–Crippen LogP) is 2.18. The molecule has 2 N–H and O–H groups in total. The van der Waals surface area contributed by atoms with Crippen LogP contribution < -0.4 is 5.32 Å². The van der Waals surface area contributed by atoms with Crippen molar-refractivity contribution in [2.24, 2.45) is 0 Å². The van der Waals surface area contributed by atoms with Crippen LogP contribution >= 0.6 is 11.3 Å². The van der Waals surface area contributed by atoms with Gasteiger partial charge in [0.1, 0.15) is 17.0 Å². The number of anilines is 1. The van der Waals surface area contributed by atoms with Gasteiger partial charge in [-0.1, -0.05) is 6.92 Å². The van der Waals surface area contributed by atoms with Crippen molar-refractivity contribution in [1.82, 2.24) is 9.97 Å². The summed E-state index contributed by atoms with van der Waals surface area (Å²) in [5, 5.41) is 15.6. The van der Waals surface area contributed by atoms with Crippen LogP contribution in [0.1, 0.15) is 18.9 Å². The molecule has 2 aromatic rings. The van der Waals surface area contributed by atoms with Crippen molar-refractivity contribution < 1.29 is 5.11 Å². The molecule has 0 amide bonds. The van der Waals surface area contributed by atoms with Crippen LogP contribution in [0.4, 0.5) is 5.82 Å². The minimum atomic E-state index is 0.0531. The van der Waals surface area contributed by atoms with E-state index in [0.29, 0.717) is 0 Å². The number of thiophene rings is 1. The average molecular weight is 237 g/mol. The second-order valence-electron chi connectivity index (χ2n) is 3.75. The van der Waals surface area contributed by atoms with Crippen LogP contribution in [0.5, 0.6) is 0 Å². The summed E-state index contributed by atoms with van der Waals surface area (Å²) in [7, 11) is 0. The molecule has 0 saturated heterocycles. The Bertz CT molecular complexity index is 479. The average Bonchev–Trinajstić information content (AvgIpc) is 2.69. The lowest BCUT2D eigenvalue weighted by Crippen LogP contribution is -2.23. The molecule has 0 bridgehead atoms. The minimum absolute atomic E-state index is 0.0531. The summed E-state index contributed by atoms with van der Waals surface area (Å²) in [6.07, 6.45) is 2.43. The van der Waals surface area contributed by atoms with Crippen LogP contribution in [0.2, 0.25) is 0 Å². The summed E-state index contributed by atoms with van der Waals surface area (Å²) in [5.41, 5.74) is 1.18. The molecular weight excluding hydrogens is 222 g/mol. The van der Waals surface area contributed by atoms with Gasteiger partial charge in [-0.25, -0.2) is 9.97 Å². The molecule has 1 atom stereocenters. The number of rotatable bonds is 4. The van der Waals surface area contributed by atoms with Crippen molar-refractivity contribution in [2.45, 2.75) is 26.3 Å². The Kier molecular flexibility index (Phi) is 3.36. The molecule has 2 rings (SSSR count). The number of hydrogen-bond acceptors (Lipinski definition) is 5. The summed E-state index contributed by atoms with van der Waals surface area (Å²) in [5.74, 6) is 0.824. The molecule has 0 aliphatic heterocycles. The molecule has 16 heavy (non-hydrogen) atoms. The smallest absolute Gasteiger partial charge is 0.138 e. The summed E-state index contributed by atoms with van der Waals surface area (Å²) in [6, 6.07) is 0.0531. The Morgan fingerprint density at radius 3 is 3.00 bits per heavy atom. The molecule has 4 nitrogen and oxygen atoms in total. The number of aliphatic hydroxyl groups is 1. The quantitative estimate of drug-likeness (QED) is 0.855. The van der Waals surface area contributed by atoms with Crippen molar-refractivity contribution in [1.29, 1.82) is 0 Å². The highest BCUT2D eigenvalue weighted by Gasteiger charge is 2.11. The highest BCUT2D eigenvalue weighted by molar-refractivity contribution is 7.17. The second kappa shape index (κ2) is 4.76. The summed E-state index contributed by atoms with van der Waals surface area (Å²) >= 11 is 1.62. The van der Waals surface area contributed by atoms with Gasteiger partial charge < -0.3 is 10.4 Å². The molecule has 5 heteroatoms. The van der Waals surface area contributed by atoms with Gasteiger partial charge in [0.2, 0.25) is 0 Å². The highest BCUT2D eigenvalue weighted by Crippen LogP contribution is 2.28. The monoisotopic (exact) mass is 237 g/mol. The van der Waals surface area contributed by atoms with Gasteiger partial charge in [-0.2, -0.15) is 0 Å². The number of aryl methyl sites for hydroxylation is 1. The van der Waals surface area contributed by atoms with Gasteiger partial charge in [0, 0.05) is 0 Å². The molecule has 1 unspecified atom stereocenters. The first-order valence-corrected chi connectivity index (χ1v) is 6.20. The molecule has 0 aliphatic rings. The van der Waals surface area contributed by atoms with Crippen molar-refractivity contribution in [3.8, 4) is 0 Å². The van der Waals surface area contributed by atoms with Crippen molar-refractivity contribution >= 4 is 27.4 Å². The Morgan fingerprint density at radius 2 is 2.31 bits per heavy atom. The number of aliphatic hydroxyl groups excluding tert-OH is 1. The van der Waals surface area contributed by atoms with E-state index in [1.54, 1.807) is 17.7 Å². The largest absolute Gasteiger partial charge is 0.394 e. The van der Waals surface area contributed by atoms with Crippen LogP contribution in [-0.4, -0.2) is 27.7 Å². The maximum Gasteiger partial charge on any atom is 0.138 e. The third-order valence-corrected chi connectivity index (χ3v) is 3.61. The van der Waals surface area contributed by atoms with Gasteiger partial charge in [0.25, 0.3) is 0 Å². The number of nitrogens with zero attached hydrogens (tertiary/aromatic N) is 2. The zero-order chi connectivity index (χ0) is 11.5. The van der Waals surface area contributed by atoms with Gasteiger partial charge in [-0.3, -0.25) is 0 Å². The van der Waals surface area contributed by atoms with Gasteiger partial charge in [0.15, 0.2) is 0 Å². The zero-order valence-corrected chi connectivity index (χ0v) is 10.2. The lowest BCUT2D eigenvalue weighted by Gasteiger charge is -2.15. The molecule has 0 aliphatic carbocycles. The van der Waals surface area contributed by atoms with Crippen LogP contribution in [0.3, 0.4) is 0 Å². The zero-order valence-electron chi connectivity index (χ0n) is 9.40. The van der Waals surface area contributed by atoms with Gasteiger partial charge >= 0.3 is 0 Å². The Hall–Kier alpha value is -1.20. The van der Waals surface area contributed by atoms with Gasteiger partial charge in [-0.05, 0) is 24.3 Å². The molecule has 0 fully saturated rings.